The molecule has 0 aliphatic carbocycles. The van der Waals surface area contributed by atoms with Gasteiger partial charge in [0.25, 0.3) is 0 Å². The molecule has 134 valence electrons. The van der Waals surface area contributed by atoms with Crippen LogP contribution in [0, 0.1) is 10.1 Å². The first-order valence-electron chi connectivity index (χ1n) is 8.22. The second-order valence-electron chi connectivity index (χ2n) is 5.97. The average molecular weight is 352 g/mol. The molecule has 2 aromatic carbocycles. The van der Waals surface area contributed by atoms with E-state index in [1.165, 1.54) is 18.7 Å². The van der Waals surface area contributed by atoms with E-state index < -0.39 is 4.92 Å². The van der Waals surface area contributed by atoms with Crippen LogP contribution in [-0.4, -0.2) is 21.8 Å². The Morgan fingerprint density at radius 2 is 2.04 bits per heavy atom. The molecule has 7 nitrogen and oxygen atoms in total. The number of nitrogens with one attached hydrogen (secondary N) is 1. The number of benzene rings is 2. The Balaban J connectivity index is 1.70. The lowest BCUT2D eigenvalue weighted by atomic mass is 10.1. The maximum atomic E-state index is 11.0. The van der Waals surface area contributed by atoms with Crippen molar-refractivity contribution >= 4 is 11.4 Å². The van der Waals surface area contributed by atoms with Gasteiger partial charge in [0.15, 0.2) is 5.75 Å². The molecule has 1 heterocycles. The second-order valence-corrected chi connectivity index (χ2v) is 5.97. The third kappa shape index (κ3) is 4.00. The zero-order chi connectivity index (χ0) is 18.5. The van der Waals surface area contributed by atoms with Gasteiger partial charge in [0, 0.05) is 29.6 Å². The van der Waals surface area contributed by atoms with Crippen molar-refractivity contribution in [1.82, 2.24) is 9.78 Å². The van der Waals surface area contributed by atoms with E-state index in [0.29, 0.717) is 6.54 Å². The van der Waals surface area contributed by atoms with Gasteiger partial charge in [0.1, 0.15) is 0 Å². The van der Waals surface area contributed by atoms with Crippen LogP contribution in [0.3, 0.4) is 0 Å². The van der Waals surface area contributed by atoms with Gasteiger partial charge in [-0.3, -0.25) is 14.8 Å². The Hall–Kier alpha value is -3.35. The predicted molar refractivity (Wildman–Crippen MR) is 99.5 cm³/mol. The van der Waals surface area contributed by atoms with E-state index in [1.54, 1.807) is 12.1 Å². The molecule has 3 aromatic rings. The highest BCUT2D eigenvalue weighted by atomic mass is 16.6. The van der Waals surface area contributed by atoms with Crippen LogP contribution in [-0.2, 0) is 6.54 Å². The normalized spacial score (nSPS) is 11.8. The Labute approximate surface area is 151 Å². The fraction of sp³-hybridized carbons (Fsp3) is 0.211. The quantitative estimate of drug-likeness (QED) is 0.513. The van der Waals surface area contributed by atoms with Crippen LogP contribution in [0.4, 0.5) is 11.4 Å². The van der Waals surface area contributed by atoms with Gasteiger partial charge in [-0.15, -0.1) is 0 Å². The number of methoxy groups -OCH3 is 1. The molecule has 0 fully saturated rings. The van der Waals surface area contributed by atoms with Crippen LogP contribution in [0.15, 0.2) is 60.9 Å². The van der Waals surface area contributed by atoms with Crippen molar-refractivity contribution in [2.45, 2.75) is 19.5 Å². The molecule has 3 rings (SSSR count). The lowest BCUT2D eigenvalue weighted by Crippen LogP contribution is -2.06. The monoisotopic (exact) mass is 352 g/mol. The number of nitro benzene ring substituents is 1. The Morgan fingerprint density at radius 1 is 1.27 bits per heavy atom. The van der Waals surface area contributed by atoms with Gasteiger partial charge in [-0.1, -0.05) is 30.3 Å². The molecule has 0 saturated carbocycles. The Bertz CT molecular complexity index is 893. The summed E-state index contributed by atoms with van der Waals surface area (Å²) in [4.78, 5) is 10.5. The highest BCUT2D eigenvalue weighted by Gasteiger charge is 2.16. The summed E-state index contributed by atoms with van der Waals surface area (Å²) < 4.78 is 7.00. The number of hydrogen-bond donors (Lipinski definition) is 1. The number of anilines is 1. The summed E-state index contributed by atoms with van der Waals surface area (Å²) in [6, 6.07) is 14.9. The molecule has 0 radical (unpaired) electrons. The minimum Gasteiger partial charge on any atom is -0.490 e. The fourth-order valence-electron chi connectivity index (χ4n) is 2.71. The summed E-state index contributed by atoms with van der Waals surface area (Å²) in [5.41, 5.74) is 2.90. The predicted octanol–water partition coefficient (Wildman–Crippen LogP) is 4.02. The first-order valence-corrected chi connectivity index (χ1v) is 8.22. The Morgan fingerprint density at radius 3 is 2.73 bits per heavy atom. The molecule has 1 atom stereocenters. The van der Waals surface area contributed by atoms with Gasteiger partial charge < -0.3 is 10.1 Å². The Kier molecular flexibility index (Phi) is 5.17. The zero-order valence-electron chi connectivity index (χ0n) is 14.6. The number of aromatic nitrogens is 2. The lowest BCUT2D eigenvalue weighted by Gasteiger charge is -2.14. The van der Waals surface area contributed by atoms with E-state index in [1.807, 2.05) is 42.2 Å². The lowest BCUT2D eigenvalue weighted by molar-refractivity contribution is -0.385. The number of nitro groups is 1. The van der Waals surface area contributed by atoms with Crippen LogP contribution in [0.5, 0.6) is 5.75 Å². The highest BCUT2D eigenvalue weighted by Crippen LogP contribution is 2.31. The maximum absolute atomic E-state index is 11.0. The second kappa shape index (κ2) is 7.69. The minimum atomic E-state index is -0.459. The van der Waals surface area contributed by atoms with E-state index in [9.17, 15) is 10.1 Å². The van der Waals surface area contributed by atoms with Gasteiger partial charge in [0.05, 0.1) is 30.8 Å². The van der Waals surface area contributed by atoms with E-state index in [4.69, 9.17) is 4.74 Å². The van der Waals surface area contributed by atoms with Crippen molar-refractivity contribution in [3.05, 3.63) is 82.2 Å². The summed E-state index contributed by atoms with van der Waals surface area (Å²) in [5, 5.41) is 18.7. The van der Waals surface area contributed by atoms with Gasteiger partial charge in [-0.25, -0.2) is 0 Å². The molecule has 0 saturated heterocycles. The maximum Gasteiger partial charge on any atom is 0.311 e. The molecule has 0 spiro atoms. The van der Waals surface area contributed by atoms with Crippen LogP contribution in [0.2, 0.25) is 0 Å². The molecular formula is C19H20N4O3. The van der Waals surface area contributed by atoms with Gasteiger partial charge in [0.2, 0.25) is 0 Å². The molecule has 1 unspecified atom stereocenters. The van der Waals surface area contributed by atoms with Crippen LogP contribution < -0.4 is 10.1 Å². The van der Waals surface area contributed by atoms with E-state index in [2.05, 4.69) is 22.5 Å². The van der Waals surface area contributed by atoms with E-state index in [-0.39, 0.29) is 17.5 Å². The van der Waals surface area contributed by atoms with Crippen LogP contribution in [0.25, 0.3) is 0 Å². The van der Waals surface area contributed by atoms with Crippen molar-refractivity contribution in [3.8, 4) is 5.75 Å². The number of hydrogen-bond acceptors (Lipinski definition) is 5. The molecule has 0 bridgehead atoms. The van der Waals surface area contributed by atoms with Crippen molar-refractivity contribution in [1.29, 1.82) is 0 Å². The largest absolute Gasteiger partial charge is 0.490 e. The van der Waals surface area contributed by atoms with Crippen molar-refractivity contribution < 1.29 is 9.66 Å². The summed E-state index contributed by atoms with van der Waals surface area (Å²) in [5.74, 6) is 0.229. The average Bonchev–Trinajstić information content (AvgIpc) is 3.11. The fourth-order valence-corrected chi connectivity index (χ4v) is 2.71. The number of nitrogens with zero attached hydrogens (tertiary/aromatic N) is 3. The molecule has 0 amide bonds. The molecule has 26 heavy (non-hydrogen) atoms. The summed E-state index contributed by atoms with van der Waals surface area (Å²) in [7, 11) is 1.42. The third-order valence-corrected chi connectivity index (χ3v) is 4.10. The third-order valence-electron chi connectivity index (χ3n) is 4.10. The molecular weight excluding hydrogens is 332 g/mol. The standard InChI is InChI=1S/C19H20N4O3/c1-14(21-17-8-9-18(23(24)25)19(10-17)26-2)16-11-20-22(13-16)12-15-6-4-3-5-7-15/h3-11,13-14,21H,12H2,1-2H3. The summed E-state index contributed by atoms with van der Waals surface area (Å²) >= 11 is 0. The minimum absolute atomic E-state index is 0.00862. The van der Waals surface area contributed by atoms with Gasteiger partial charge >= 0.3 is 5.69 Å². The molecule has 0 aliphatic heterocycles. The van der Waals surface area contributed by atoms with Crippen molar-refractivity contribution in [2.75, 3.05) is 12.4 Å². The first-order chi connectivity index (χ1) is 12.6. The molecule has 1 N–H and O–H groups in total. The SMILES string of the molecule is COc1cc(NC(C)c2cnn(Cc3ccccc3)c2)ccc1[N+](=O)[O-]. The van der Waals surface area contributed by atoms with Gasteiger partial charge in [-0.05, 0) is 18.6 Å². The smallest absolute Gasteiger partial charge is 0.311 e. The number of ether oxygens (including phenoxy) is 1. The first kappa shape index (κ1) is 17.5. The molecule has 1 aromatic heterocycles. The van der Waals surface area contributed by atoms with Crippen LogP contribution >= 0.6 is 0 Å². The number of rotatable bonds is 7. The topological polar surface area (TPSA) is 82.2 Å². The van der Waals surface area contributed by atoms with Crippen molar-refractivity contribution in [2.24, 2.45) is 0 Å². The van der Waals surface area contributed by atoms with Crippen LogP contribution in [0.1, 0.15) is 24.1 Å². The molecule has 0 aliphatic rings. The van der Waals surface area contributed by atoms with Crippen molar-refractivity contribution in [3.63, 3.8) is 0 Å². The van der Waals surface area contributed by atoms with E-state index in [0.717, 1.165) is 11.3 Å². The summed E-state index contributed by atoms with van der Waals surface area (Å²) in [6.45, 7) is 2.72. The van der Waals surface area contributed by atoms with Gasteiger partial charge in [-0.2, -0.15) is 5.10 Å². The highest BCUT2D eigenvalue weighted by molar-refractivity contribution is 5.58. The zero-order valence-corrected chi connectivity index (χ0v) is 14.6. The van der Waals surface area contributed by atoms with E-state index >= 15 is 0 Å². The summed E-state index contributed by atoms with van der Waals surface area (Å²) in [6.07, 6.45) is 3.82. The molecule has 7 heteroatoms.